The molecule has 6 heteroatoms. The molecule has 0 saturated carbocycles. The number of aromatic nitrogens is 2. The fourth-order valence-corrected chi connectivity index (χ4v) is 2.00. The van der Waals surface area contributed by atoms with E-state index >= 15 is 0 Å². The van der Waals surface area contributed by atoms with Crippen LogP contribution in [-0.2, 0) is 6.42 Å². The van der Waals surface area contributed by atoms with Crippen molar-refractivity contribution in [3.63, 3.8) is 0 Å². The van der Waals surface area contributed by atoms with Crippen LogP contribution in [0.2, 0.25) is 5.15 Å². The van der Waals surface area contributed by atoms with E-state index in [1.165, 1.54) is 5.56 Å². The third-order valence-corrected chi connectivity index (χ3v) is 2.97. The van der Waals surface area contributed by atoms with Gasteiger partial charge in [0, 0.05) is 24.7 Å². The van der Waals surface area contributed by atoms with Gasteiger partial charge in [-0.2, -0.15) is 5.10 Å². The number of rotatable bonds is 6. The second-order valence-electron chi connectivity index (χ2n) is 4.58. The summed E-state index contributed by atoms with van der Waals surface area (Å²) in [6, 6.07) is 11.9. The standard InChI is InChI=1S/C15H18ClN5/c1-3-17-13-10-14(16)19-21-15(13)20-18-11(2)9-12-7-5-4-6-8-12/h4-8,10H,3,9H2,1-2H3,(H,17,19)(H,20,21). The topological polar surface area (TPSA) is 62.2 Å². The smallest absolute Gasteiger partial charge is 0.192 e. The van der Waals surface area contributed by atoms with Crippen molar-refractivity contribution in [2.24, 2.45) is 5.10 Å². The van der Waals surface area contributed by atoms with Gasteiger partial charge in [0.2, 0.25) is 0 Å². The van der Waals surface area contributed by atoms with Gasteiger partial charge >= 0.3 is 0 Å². The highest BCUT2D eigenvalue weighted by Crippen LogP contribution is 2.20. The predicted octanol–water partition coefficient (Wildman–Crippen LogP) is 3.59. The van der Waals surface area contributed by atoms with Gasteiger partial charge in [-0.25, -0.2) is 0 Å². The minimum atomic E-state index is 0.349. The molecule has 110 valence electrons. The summed E-state index contributed by atoms with van der Waals surface area (Å²) in [7, 11) is 0. The molecule has 0 aliphatic rings. The van der Waals surface area contributed by atoms with Crippen molar-refractivity contribution in [3.8, 4) is 0 Å². The first kappa shape index (κ1) is 15.3. The lowest BCUT2D eigenvalue weighted by Gasteiger charge is -2.09. The maximum atomic E-state index is 5.85. The van der Waals surface area contributed by atoms with Crippen molar-refractivity contribution in [1.82, 2.24) is 10.2 Å². The molecule has 0 unspecified atom stereocenters. The zero-order valence-electron chi connectivity index (χ0n) is 12.1. The highest BCUT2D eigenvalue weighted by atomic mass is 35.5. The summed E-state index contributed by atoms with van der Waals surface area (Å²) in [5, 5.41) is 15.7. The lowest BCUT2D eigenvalue weighted by molar-refractivity contribution is 1.01. The van der Waals surface area contributed by atoms with E-state index in [0.29, 0.717) is 11.0 Å². The molecule has 2 aromatic rings. The van der Waals surface area contributed by atoms with Crippen molar-refractivity contribution in [2.75, 3.05) is 17.3 Å². The maximum absolute atomic E-state index is 5.85. The molecule has 5 nitrogen and oxygen atoms in total. The summed E-state index contributed by atoms with van der Waals surface area (Å²) in [6.07, 6.45) is 0.783. The second-order valence-corrected chi connectivity index (χ2v) is 4.97. The Bertz CT molecular complexity index is 613. The van der Waals surface area contributed by atoms with Crippen LogP contribution in [0.1, 0.15) is 19.4 Å². The number of nitrogens with one attached hydrogen (secondary N) is 2. The Hall–Kier alpha value is -2.14. The Kier molecular flexibility index (Phi) is 5.51. The van der Waals surface area contributed by atoms with E-state index in [1.807, 2.05) is 32.0 Å². The van der Waals surface area contributed by atoms with Crippen molar-refractivity contribution in [3.05, 3.63) is 47.1 Å². The normalized spacial score (nSPS) is 11.3. The Morgan fingerprint density at radius 3 is 2.71 bits per heavy atom. The molecule has 0 aliphatic carbocycles. The molecule has 0 amide bonds. The maximum Gasteiger partial charge on any atom is 0.192 e. The fourth-order valence-electron chi connectivity index (χ4n) is 1.85. The second kappa shape index (κ2) is 7.59. The minimum absolute atomic E-state index is 0.349. The molecule has 0 bridgehead atoms. The molecule has 0 fully saturated rings. The fraction of sp³-hybridized carbons (Fsp3) is 0.267. The number of hydrazone groups is 1. The first-order valence-electron chi connectivity index (χ1n) is 6.79. The summed E-state index contributed by atoms with van der Waals surface area (Å²) in [4.78, 5) is 0. The van der Waals surface area contributed by atoms with Gasteiger partial charge in [-0.3, -0.25) is 5.43 Å². The van der Waals surface area contributed by atoms with E-state index in [9.17, 15) is 0 Å². The van der Waals surface area contributed by atoms with Gasteiger partial charge in [0.25, 0.3) is 0 Å². The third-order valence-electron chi connectivity index (χ3n) is 2.79. The largest absolute Gasteiger partial charge is 0.382 e. The third kappa shape index (κ3) is 4.72. The van der Waals surface area contributed by atoms with Crippen LogP contribution in [0.5, 0.6) is 0 Å². The van der Waals surface area contributed by atoms with Gasteiger partial charge in [-0.15, -0.1) is 10.2 Å². The van der Waals surface area contributed by atoms with Crippen LogP contribution in [0.15, 0.2) is 41.5 Å². The average Bonchev–Trinajstić information content (AvgIpc) is 2.48. The SMILES string of the molecule is CCNc1cc(Cl)nnc1NN=C(C)Cc1ccccc1. The van der Waals surface area contributed by atoms with Gasteiger partial charge in [0.15, 0.2) is 11.0 Å². The van der Waals surface area contributed by atoms with Crippen molar-refractivity contribution in [2.45, 2.75) is 20.3 Å². The van der Waals surface area contributed by atoms with Crippen LogP contribution in [0.3, 0.4) is 0 Å². The molecule has 0 saturated heterocycles. The molecule has 0 atom stereocenters. The number of nitrogens with zero attached hydrogens (tertiary/aromatic N) is 3. The molecular formula is C15H18ClN5. The quantitative estimate of drug-likeness (QED) is 0.632. The summed E-state index contributed by atoms with van der Waals surface area (Å²) >= 11 is 5.85. The molecule has 2 N–H and O–H groups in total. The van der Waals surface area contributed by atoms with Crippen LogP contribution in [0, 0.1) is 0 Å². The lowest BCUT2D eigenvalue weighted by atomic mass is 10.1. The van der Waals surface area contributed by atoms with Crippen LogP contribution in [-0.4, -0.2) is 22.5 Å². The molecule has 1 aromatic carbocycles. The molecule has 2 rings (SSSR count). The Labute approximate surface area is 129 Å². The Morgan fingerprint density at radius 2 is 2.00 bits per heavy atom. The lowest BCUT2D eigenvalue weighted by Crippen LogP contribution is -2.07. The molecule has 1 aromatic heterocycles. The molecular weight excluding hydrogens is 286 g/mol. The zero-order chi connectivity index (χ0) is 15.1. The molecule has 0 radical (unpaired) electrons. The van der Waals surface area contributed by atoms with Gasteiger partial charge in [0.05, 0.1) is 5.69 Å². The Morgan fingerprint density at radius 1 is 1.24 bits per heavy atom. The van der Waals surface area contributed by atoms with Gasteiger partial charge in [0.1, 0.15) is 0 Å². The van der Waals surface area contributed by atoms with E-state index in [-0.39, 0.29) is 0 Å². The van der Waals surface area contributed by atoms with Crippen molar-refractivity contribution < 1.29 is 0 Å². The molecule has 21 heavy (non-hydrogen) atoms. The summed E-state index contributed by atoms with van der Waals surface area (Å²) in [6.45, 7) is 4.74. The molecule has 0 spiro atoms. The van der Waals surface area contributed by atoms with Crippen LogP contribution in [0.25, 0.3) is 0 Å². The number of benzene rings is 1. The monoisotopic (exact) mass is 303 g/mol. The minimum Gasteiger partial charge on any atom is -0.382 e. The number of anilines is 2. The highest BCUT2D eigenvalue weighted by molar-refractivity contribution is 6.29. The zero-order valence-corrected chi connectivity index (χ0v) is 12.9. The summed E-state index contributed by atoms with van der Waals surface area (Å²) < 4.78 is 0. The van der Waals surface area contributed by atoms with E-state index in [4.69, 9.17) is 11.6 Å². The van der Waals surface area contributed by atoms with Crippen molar-refractivity contribution in [1.29, 1.82) is 0 Å². The molecule has 0 aliphatic heterocycles. The highest BCUT2D eigenvalue weighted by Gasteiger charge is 2.05. The van der Waals surface area contributed by atoms with E-state index < -0.39 is 0 Å². The Balaban J connectivity index is 2.06. The van der Waals surface area contributed by atoms with Gasteiger partial charge < -0.3 is 5.32 Å². The van der Waals surface area contributed by atoms with Crippen LogP contribution >= 0.6 is 11.6 Å². The van der Waals surface area contributed by atoms with Crippen LogP contribution in [0.4, 0.5) is 11.5 Å². The average molecular weight is 304 g/mol. The van der Waals surface area contributed by atoms with Gasteiger partial charge in [-0.05, 0) is 19.4 Å². The van der Waals surface area contributed by atoms with E-state index in [0.717, 1.165) is 24.4 Å². The summed E-state index contributed by atoms with van der Waals surface area (Å²) in [5.74, 6) is 0.564. The predicted molar refractivity (Wildman–Crippen MR) is 88.1 cm³/mol. The van der Waals surface area contributed by atoms with Gasteiger partial charge in [-0.1, -0.05) is 41.9 Å². The van der Waals surface area contributed by atoms with E-state index in [1.54, 1.807) is 6.07 Å². The van der Waals surface area contributed by atoms with E-state index in [2.05, 4.69) is 38.2 Å². The number of halogens is 1. The first-order valence-corrected chi connectivity index (χ1v) is 7.17. The molecule has 1 heterocycles. The number of hydrogen-bond acceptors (Lipinski definition) is 5. The first-order chi connectivity index (χ1) is 10.2. The number of hydrogen-bond donors (Lipinski definition) is 2. The summed E-state index contributed by atoms with van der Waals surface area (Å²) in [5.41, 5.74) is 5.90. The van der Waals surface area contributed by atoms with Crippen LogP contribution < -0.4 is 10.7 Å². The van der Waals surface area contributed by atoms with Crippen molar-refractivity contribution >= 4 is 28.8 Å².